The Bertz CT molecular complexity index is 1680. The van der Waals surface area contributed by atoms with Crippen LogP contribution in [0.5, 0.6) is 0 Å². The van der Waals surface area contributed by atoms with Gasteiger partial charge in [-0.2, -0.15) is 5.26 Å². The highest BCUT2D eigenvalue weighted by Crippen LogP contribution is 2.45. The summed E-state index contributed by atoms with van der Waals surface area (Å²) in [7, 11) is 1.46. The highest BCUT2D eigenvalue weighted by atomic mass is 32.1. The number of aromatic nitrogens is 7. The summed E-state index contributed by atoms with van der Waals surface area (Å²) in [5.74, 6) is 2.26. The molecule has 14 heteroatoms. The summed E-state index contributed by atoms with van der Waals surface area (Å²) >= 11 is 1.35. The molecule has 13 nitrogen and oxygen atoms in total. The number of carbonyl (C=O) groups is 1. The first-order valence-electron chi connectivity index (χ1n) is 11.7. The zero-order chi connectivity index (χ0) is 25.8. The third kappa shape index (κ3) is 3.87. The van der Waals surface area contributed by atoms with Gasteiger partial charge >= 0.3 is 5.69 Å². The largest absolute Gasteiger partial charge is 0.340 e. The number of imidazole rings is 1. The number of hydrogen-bond donors (Lipinski definition) is 1. The SMILES string of the molecule is CC(C(=O)Nc1csc(-c2cnc(N3CC4CC4C3)nc2)n1)n1cnc2c1c(=O)n(CC#N)c(=O)n2C. The Balaban J connectivity index is 1.20. The fourth-order valence-corrected chi connectivity index (χ4v) is 5.50. The monoisotopic (exact) mass is 518 g/mol. The van der Waals surface area contributed by atoms with Crippen LogP contribution in [0.2, 0.25) is 0 Å². The molecule has 2 fully saturated rings. The average molecular weight is 519 g/mol. The number of amides is 1. The molecular formula is C23H22N10O3S. The third-order valence-electron chi connectivity index (χ3n) is 6.99. The van der Waals surface area contributed by atoms with E-state index in [0.717, 1.165) is 41.0 Å². The van der Waals surface area contributed by atoms with Crippen LogP contribution in [0.3, 0.4) is 0 Å². The topological polar surface area (TPSA) is 157 Å². The lowest BCUT2D eigenvalue weighted by Crippen LogP contribution is -2.40. The number of carbonyl (C=O) groups excluding carboxylic acids is 1. The van der Waals surface area contributed by atoms with Gasteiger partial charge in [0, 0.05) is 43.5 Å². The molecule has 2 aliphatic rings. The summed E-state index contributed by atoms with van der Waals surface area (Å²) in [4.78, 5) is 58.2. The van der Waals surface area contributed by atoms with Crippen LogP contribution in [0.4, 0.5) is 11.8 Å². The van der Waals surface area contributed by atoms with Crippen molar-refractivity contribution in [1.29, 1.82) is 5.26 Å². The summed E-state index contributed by atoms with van der Waals surface area (Å²) in [5.41, 5.74) is -0.375. The molecular weight excluding hydrogens is 496 g/mol. The van der Waals surface area contributed by atoms with Crippen molar-refractivity contribution in [1.82, 2.24) is 33.6 Å². The molecule has 1 aliphatic carbocycles. The molecule has 3 atom stereocenters. The summed E-state index contributed by atoms with van der Waals surface area (Å²) in [6.07, 6.45) is 6.14. The van der Waals surface area contributed by atoms with Crippen LogP contribution in [0.15, 0.2) is 33.7 Å². The van der Waals surface area contributed by atoms with Gasteiger partial charge in [-0.3, -0.25) is 14.2 Å². The van der Waals surface area contributed by atoms with Crippen molar-refractivity contribution in [2.45, 2.75) is 25.9 Å². The van der Waals surface area contributed by atoms with Crippen LogP contribution >= 0.6 is 11.3 Å². The number of hydrogen-bond acceptors (Lipinski definition) is 10. The molecule has 1 amide bonds. The first-order valence-corrected chi connectivity index (χ1v) is 12.6. The van der Waals surface area contributed by atoms with Crippen LogP contribution < -0.4 is 21.5 Å². The van der Waals surface area contributed by atoms with Crippen LogP contribution in [0.1, 0.15) is 19.4 Å². The molecule has 188 valence electrons. The number of piperidine rings is 1. The van der Waals surface area contributed by atoms with Gasteiger partial charge in [-0.1, -0.05) is 0 Å². The lowest BCUT2D eigenvalue weighted by atomic mass is 10.3. The van der Waals surface area contributed by atoms with E-state index >= 15 is 0 Å². The molecule has 0 bridgehead atoms. The molecule has 0 aromatic carbocycles. The van der Waals surface area contributed by atoms with Crippen molar-refractivity contribution in [2.24, 2.45) is 18.9 Å². The zero-order valence-electron chi connectivity index (χ0n) is 20.0. The maximum Gasteiger partial charge on any atom is 0.333 e. The van der Waals surface area contributed by atoms with Gasteiger partial charge in [0.2, 0.25) is 11.9 Å². The first kappa shape index (κ1) is 23.0. The van der Waals surface area contributed by atoms with Gasteiger partial charge in [0.15, 0.2) is 11.2 Å². The van der Waals surface area contributed by atoms with Gasteiger partial charge < -0.3 is 14.8 Å². The summed E-state index contributed by atoms with van der Waals surface area (Å²) in [6.45, 7) is 3.24. The van der Waals surface area contributed by atoms with Gasteiger partial charge in [0.05, 0.1) is 12.4 Å². The molecule has 0 spiro atoms. The van der Waals surface area contributed by atoms with Gasteiger partial charge in [-0.05, 0) is 25.2 Å². The number of nitrogens with one attached hydrogen (secondary N) is 1. The lowest BCUT2D eigenvalue weighted by molar-refractivity contribution is -0.118. The Kier molecular flexibility index (Phi) is 5.37. The molecule has 1 saturated carbocycles. The number of anilines is 2. The van der Waals surface area contributed by atoms with E-state index in [1.807, 2.05) is 6.07 Å². The van der Waals surface area contributed by atoms with E-state index in [1.54, 1.807) is 24.7 Å². The number of rotatable bonds is 6. The minimum atomic E-state index is -0.842. The smallest absolute Gasteiger partial charge is 0.333 e. The standard InChI is InChI=1S/C23H22N10O3S/c1-12(33-11-27-18-17(33)21(35)32(4-3-24)23(36)30(18)2)19(34)28-16-10-37-20(29-16)15-6-25-22(26-7-15)31-8-13-5-14(13)9-31/h6-7,10-14H,4-5,8-9H2,1-2H3,(H,28,34). The normalized spacial score (nSPS) is 19.0. The predicted molar refractivity (Wildman–Crippen MR) is 135 cm³/mol. The summed E-state index contributed by atoms with van der Waals surface area (Å²) in [5, 5.41) is 14.2. The zero-order valence-corrected chi connectivity index (χ0v) is 20.8. The van der Waals surface area contributed by atoms with Crippen molar-refractivity contribution in [3.8, 4) is 16.6 Å². The van der Waals surface area contributed by atoms with E-state index in [9.17, 15) is 14.4 Å². The molecule has 1 aliphatic heterocycles. The van der Waals surface area contributed by atoms with Gasteiger partial charge in [0.25, 0.3) is 5.56 Å². The van der Waals surface area contributed by atoms with Crippen molar-refractivity contribution < 1.29 is 4.79 Å². The minimum absolute atomic E-state index is 0.0616. The van der Waals surface area contributed by atoms with Crippen LogP contribution in [0.25, 0.3) is 21.7 Å². The lowest BCUT2D eigenvalue weighted by Gasteiger charge is -2.17. The Morgan fingerprint density at radius 1 is 1.24 bits per heavy atom. The minimum Gasteiger partial charge on any atom is -0.340 e. The fourth-order valence-electron chi connectivity index (χ4n) is 4.77. The molecule has 0 radical (unpaired) electrons. The predicted octanol–water partition coefficient (Wildman–Crippen LogP) is 0.990. The van der Waals surface area contributed by atoms with Crippen molar-refractivity contribution in [3.63, 3.8) is 0 Å². The Morgan fingerprint density at radius 2 is 1.97 bits per heavy atom. The van der Waals surface area contributed by atoms with E-state index < -0.39 is 29.7 Å². The fraction of sp³-hybridized carbons (Fsp3) is 0.391. The van der Waals surface area contributed by atoms with E-state index in [-0.39, 0.29) is 11.2 Å². The Morgan fingerprint density at radius 3 is 2.68 bits per heavy atom. The van der Waals surface area contributed by atoms with E-state index in [1.165, 1.54) is 40.3 Å². The second kappa shape index (κ2) is 8.63. The third-order valence-corrected chi connectivity index (χ3v) is 7.88. The van der Waals surface area contributed by atoms with Crippen molar-refractivity contribution in [2.75, 3.05) is 23.3 Å². The van der Waals surface area contributed by atoms with Crippen LogP contribution in [-0.4, -0.2) is 52.6 Å². The van der Waals surface area contributed by atoms with Gasteiger partial charge in [-0.15, -0.1) is 11.3 Å². The number of fused-ring (bicyclic) bond motifs is 2. The molecule has 1 N–H and O–H groups in total. The average Bonchev–Trinajstić information content (AvgIpc) is 3.30. The van der Waals surface area contributed by atoms with Crippen molar-refractivity contribution >= 4 is 40.2 Å². The Hall–Kier alpha value is -4.38. The summed E-state index contributed by atoms with van der Waals surface area (Å²) in [6, 6.07) is 0.970. The maximum absolute atomic E-state index is 13.0. The second-order valence-electron chi connectivity index (χ2n) is 9.35. The van der Waals surface area contributed by atoms with E-state index in [0.29, 0.717) is 10.8 Å². The molecule has 37 heavy (non-hydrogen) atoms. The van der Waals surface area contributed by atoms with E-state index in [4.69, 9.17) is 5.26 Å². The maximum atomic E-state index is 13.0. The highest BCUT2D eigenvalue weighted by Gasteiger charge is 2.45. The number of nitrogens with zero attached hydrogens (tertiary/aromatic N) is 9. The first-order chi connectivity index (χ1) is 17.9. The molecule has 6 rings (SSSR count). The quantitative estimate of drug-likeness (QED) is 0.393. The Labute approximate surface area is 213 Å². The molecule has 3 unspecified atom stereocenters. The number of thiazole rings is 1. The second-order valence-corrected chi connectivity index (χ2v) is 10.2. The molecule has 1 saturated heterocycles. The highest BCUT2D eigenvalue weighted by molar-refractivity contribution is 7.13. The number of aryl methyl sites for hydroxylation is 1. The van der Waals surface area contributed by atoms with E-state index in [2.05, 4.69) is 30.2 Å². The molecule has 5 heterocycles. The van der Waals surface area contributed by atoms with Gasteiger partial charge in [0.1, 0.15) is 23.4 Å². The van der Waals surface area contributed by atoms with Gasteiger partial charge in [-0.25, -0.2) is 29.3 Å². The summed E-state index contributed by atoms with van der Waals surface area (Å²) < 4.78 is 3.39. The molecule has 4 aromatic rings. The van der Waals surface area contributed by atoms with Crippen molar-refractivity contribution in [3.05, 3.63) is 44.9 Å². The number of nitriles is 1. The molecule has 4 aromatic heterocycles. The van der Waals surface area contributed by atoms with Crippen LogP contribution in [0, 0.1) is 23.2 Å². The van der Waals surface area contributed by atoms with Crippen LogP contribution in [-0.2, 0) is 18.4 Å².